The molecule has 2 rings (SSSR count). The summed E-state index contributed by atoms with van der Waals surface area (Å²) in [5, 5.41) is 0. The minimum atomic E-state index is -0.253. The minimum absolute atomic E-state index is 0.0452. The van der Waals surface area contributed by atoms with E-state index in [1.807, 2.05) is 4.90 Å². The lowest BCUT2D eigenvalue weighted by Crippen LogP contribution is -2.63. The molecule has 1 amide bonds. The number of piperidine rings is 1. The molecule has 0 radical (unpaired) electrons. The second kappa shape index (κ2) is 5.82. The summed E-state index contributed by atoms with van der Waals surface area (Å²) in [6.45, 7) is 5.73. The first kappa shape index (κ1) is 15.4. The third-order valence-corrected chi connectivity index (χ3v) is 5.06. The highest BCUT2D eigenvalue weighted by Crippen LogP contribution is 2.54. The number of methoxy groups -OCH3 is 1. The summed E-state index contributed by atoms with van der Waals surface area (Å²) in [6.07, 6.45) is 4.10. The van der Waals surface area contributed by atoms with Crippen LogP contribution in [0.15, 0.2) is 0 Å². The quantitative estimate of drug-likeness (QED) is 0.435. The Hall–Kier alpha value is -0.940. The van der Waals surface area contributed by atoms with Crippen LogP contribution in [0.3, 0.4) is 0 Å². The fourth-order valence-corrected chi connectivity index (χ4v) is 4.19. The maximum atomic E-state index is 11.8. The van der Waals surface area contributed by atoms with Gasteiger partial charge in [-0.3, -0.25) is 4.79 Å². The third-order valence-electron chi connectivity index (χ3n) is 5.06. The van der Waals surface area contributed by atoms with E-state index in [1.54, 1.807) is 14.0 Å². The van der Waals surface area contributed by atoms with Gasteiger partial charge >= 0.3 is 0 Å². The van der Waals surface area contributed by atoms with Crippen molar-refractivity contribution in [1.82, 2.24) is 4.90 Å². The number of likely N-dealkylation sites (tertiary alicyclic amines) is 1. The van der Waals surface area contributed by atoms with E-state index in [2.05, 4.69) is 6.92 Å². The number of carbonyl (C=O) groups excluding carboxylic acids is 2. The molecule has 0 unspecified atom stereocenters. The van der Waals surface area contributed by atoms with E-state index in [0.29, 0.717) is 19.7 Å². The smallest absolute Gasteiger partial charge is 0.219 e. The molecule has 5 heteroatoms. The van der Waals surface area contributed by atoms with Gasteiger partial charge in [-0.1, -0.05) is 13.3 Å². The molecule has 1 aliphatic carbocycles. The topological polar surface area (TPSA) is 55.8 Å². The lowest BCUT2D eigenvalue weighted by atomic mass is 9.53. The third kappa shape index (κ3) is 2.61. The highest BCUT2D eigenvalue weighted by Gasteiger charge is 2.56. The zero-order valence-electron chi connectivity index (χ0n) is 12.7. The Balaban J connectivity index is 2.26. The van der Waals surface area contributed by atoms with Gasteiger partial charge in [0.2, 0.25) is 5.91 Å². The SMILES string of the molecule is COCOC[C@@]12CCC[C@@](C)(CN(C(C)=O)C1)[C@H]2C=O. The monoisotopic (exact) mass is 283 g/mol. The summed E-state index contributed by atoms with van der Waals surface area (Å²) >= 11 is 0. The molecule has 5 nitrogen and oxygen atoms in total. The average molecular weight is 283 g/mol. The summed E-state index contributed by atoms with van der Waals surface area (Å²) < 4.78 is 10.5. The number of hydrogen-bond acceptors (Lipinski definition) is 4. The molecule has 0 aromatic heterocycles. The van der Waals surface area contributed by atoms with E-state index in [4.69, 9.17) is 9.47 Å². The van der Waals surface area contributed by atoms with Crippen molar-refractivity contribution in [2.45, 2.75) is 33.1 Å². The summed E-state index contributed by atoms with van der Waals surface area (Å²) in [7, 11) is 1.59. The number of aldehydes is 1. The number of hydrogen-bond donors (Lipinski definition) is 0. The molecule has 1 saturated carbocycles. The molecule has 0 aromatic carbocycles. The first-order chi connectivity index (χ1) is 9.47. The Labute approximate surface area is 120 Å². The summed E-state index contributed by atoms with van der Waals surface area (Å²) in [5.74, 6) is 0.0368. The molecule has 1 aliphatic heterocycles. The molecule has 1 saturated heterocycles. The Morgan fingerprint density at radius 2 is 2.15 bits per heavy atom. The second-order valence-electron chi connectivity index (χ2n) is 6.61. The van der Waals surface area contributed by atoms with E-state index < -0.39 is 0 Å². The van der Waals surface area contributed by atoms with Gasteiger partial charge in [-0.15, -0.1) is 0 Å². The Kier molecular flexibility index (Phi) is 4.49. The van der Waals surface area contributed by atoms with Crippen molar-refractivity contribution in [3.63, 3.8) is 0 Å². The molecular weight excluding hydrogens is 258 g/mol. The number of fused-ring (bicyclic) bond motifs is 2. The van der Waals surface area contributed by atoms with E-state index in [0.717, 1.165) is 25.5 Å². The fraction of sp³-hybridized carbons (Fsp3) is 0.867. The molecule has 0 N–H and O–H groups in total. The maximum absolute atomic E-state index is 11.8. The second-order valence-corrected chi connectivity index (χ2v) is 6.61. The van der Waals surface area contributed by atoms with E-state index in [-0.39, 0.29) is 29.4 Å². The Morgan fingerprint density at radius 3 is 2.75 bits per heavy atom. The van der Waals surface area contributed by atoms with E-state index in [9.17, 15) is 9.59 Å². The van der Waals surface area contributed by atoms with Crippen molar-refractivity contribution in [1.29, 1.82) is 0 Å². The highest BCUT2D eigenvalue weighted by atomic mass is 16.7. The van der Waals surface area contributed by atoms with Gasteiger partial charge in [0.05, 0.1) is 6.61 Å². The number of rotatable bonds is 5. The maximum Gasteiger partial charge on any atom is 0.219 e. The first-order valence-electron chi connectivity index (χ1n) is 7.25. The average Bonchev–Trinajstić information content (AvgIpc) is 2.37. The molecule has 2 bridgehead atoms. The molecule has 114 valence electrons. The van der Waals surface area contributed by atoms with Crippen LogP contribution in [0.5, 0.6) is 0 Å². The van der Waals surface area contributed by atoms with Crippen LogP contribution in [-0.4, -0.2) is 50.7 Å². The number of ether oxygens (including phenoxy) is 2. The molecule has 0 spiro atoms. The minimum Gasteiger partial charge on any atom is -0.359 e. The van der Waals surface area contributed by atoms with Gasteiger partial charge in [-0.2, -0.15) is 0 Å². The largest absolute Gasteiger partial charge is 0.359 e. The van der Waals surface area contributed by atoms with Crippen molar-refractivity contribution in [2.24, 2.45) is 16.7 Å². The Morgan fingerprint density at radius 1 is 1.40 bits per heavy atom. The zero-order valence-corrected chi connectivity index (χ0v) is 12.7. The van der Waals surface area contributed by atoms with Gasteiger partial charge < -0.3 is 19.2 Å². The van der Waals surface area contributed by atoms with Gasteiger partial charge in [0.1, 0.15) is 13.1 Å². The van der Waals surface area contributed by atoms with E-state index >= 15 is 0 Å². The summed E-state index contributed by atoms with van der Waals surface area (Å²) in [5.41, 5.74) is -0.377. The first-order valence-corrected chi connectivity index (χ1v) is 7.25. The van der Waals surface area contributed by atoms with Gasteiger partial charge in [0.15, 0.2) is 0 Å². The van der Waals surface area contributed by atoms with Crippen molar-refractivity contribution in [3.8, 4) is 0 Å². The van der Waals surface area contributed by atoms with E-state index in [1.165, 1.54) is 0 Å². The molecule has 1 heterocycles. The highest BCUT2D eigenvalue weighted by molar-refractivity contribution is 5.74. The van der Waals surface area contributed by atoms with Gasteiger partial charge in [-0.05, 0) is 18.3 Å². The lowest BCUT2D eigenvalue weighted by molar-refractivity contribution is -0.172. The molecule has 0 aromatic rings. The van der Waals surface area contributed by atoms with Gasteiger partial charge in [0.25, 0.3) is 0 Å². The normalized spacial score (nSPS) is 36.8. The van der Waals surface area contributed by atoms with Crippen molar-refractivity contribution in [3.05, 3.63) is 0 Å². The predicted molar refractivity (Wildman–Crippen MR) is 74.0 cm³/mol. The van der Waals surface area contributed by atoms with Crippen LogP contribution < -0.4 is 0 Å². The van der Waals surface area contributed by atoms with Crippen LogP contribution in [0.4, 0.5) is 0 Å². The van der Waals surface area contributed by atoms with Crippen molar-refractivity contribution in [2.75, 3.05) is 33.6 Å². The van der Waals surface area contributed by atoms with Crippen molar-refractivity contribution < 1.29 is 19.1 Å². The molecule has 2 aliphatic rings. The predicted octanol–water partition coefficient (Wildman–Crippen LogP) is 1.46. The van der Waals surface area contributed by atoms with Crippen LogP contribution in [0.25, 0.3) is 0 Å². The summed E-state index contributed by atoms with van der Waals surface area (Å²) in [6, 6.07) is 0. The van der Waals surface area contributed by atoms with Gasteiger partial charge in [-0.25, -0.2) is 0 Å². The lowest BCUT2D eigenvalue weighted by Gasteiger charge is -2.58. The van der Waals surface area contributed by atoms with Crippen molar-refractivity contribution >= 4 is 12.2 Å². The molecule has 20 heavy (non-hydrogen) atoms. The van der Waals surface area contributed by atoms with Crippen LogP contribution in [-0.2, 0) is 19.1 Å². The molecule has 2 fully saturated rings. The fourth-order valence-electron chi connectivity index (χ4n) is 4.19. The van der Waals surface area contributed by atoms with Crippen LogP contribution >= 0.6 is 0 Å². The number of nitrogens with zero attached hydrogens (tertiary/aromatic N) is 1. The van der Waals surface area contributed by atoms with Gasteiger partial charge in [0, 0.05) is 38.5 Å². The summed E-state index contributed by atoms with van der Waals surface area (Å²) in [4.78, 5) is 25.4. The number of amides is 1. The zero-order chi connectivity index (χ0) is 14.8. The standard InChI is InChI=1S/C15H25NO4/c1-12(18)16-8-14(2)5-4-6-15(9-16,13(14)7-17)10-20-11-19-3/h7,13H,4-6,8-11H2,1-3H3/t13-,14+,15-/m1/s1. The Bertz CT molecular complexity index is 386. The molecule has 3 atom stereocenters. The molecular formula is C15H25NO4. The van der Waals surface area contributed by atoms with Crippen LogP contribution in [0.2, 0.25) is 0 Å². The van der Waals surface area contributed by atoms with Crippen LogP contribution in [0.1, 0.15) is 33.1 Å². The van der Waals surface area contributed by atoms with Crippen LogP contribution in [0, 0.1) is 16.7 Å². The number of carbonyl (C=O) groups is 2.